The predicted molar refractivity (Wildman–Crippen MR) is 104 cm³/mol. The van der Waals surface area contributed by atoms with Crippen LogP contribution in [-0.4, -0.2) is 34.7 Å². The van der Waals surface area contributed by atoms with Crippen LogP contribution in [-0.2, 0) is 10.0 Å². The summed E-state index contributed by atoms with van der Waals surface area (Å²) in [6.45, 7) is 5.49. The van der Waals surface area contributed by atoms with Crippen molar-refractivity contribution >= 4 is 44.1 Å². The summed E-state index contributed by atoms with van der Waals surface area (Å²) < 4.78 is 31.8. The lowest BCUT2D eigenvalue weighted by Gasteiger charge is -2.07. The highest BCUT2D eigenvalue weighted by Crippen LogP contribution is 2.36. The first-order chi connectivity index (χ1) is 12.4. The van der Waals surface area contributed by atoms with Crippen molar-refractivity contribution in [2.24, 2.45) is 0 Å². The molecular formula is C17H15Cl2N3O3S. The topological polar surface area (TPSA) is 74.1 Å². The maximum Gasteiger partial charge on any atom is 0.238 e. The fourth-order valence-corrected chi connectivity index (χ4v) is 3.84. The molecule has 1 aromatic carbocycles. The Labute approximate surface area is 161 Å². The summed E-state index contributed by atoms with van der Waals surface area (Å²) in [5, 5.41) is 0.952. The van der Waals surface area contributed by atoms with Crippen LogP contribution in [0.1, 0.15) is 6.92 Å². The van der Waals surface area contributed by atoms with Crippen LogP contribution in [0.15, 0.2) is 43.2 Å². The standard InChI is InChI=1S/C17H15Cl2N3O3S/c1-3-7-25-11-5-6-12-13(16-14(18)9-20-17(19)21-16)10-22(15(12)8-11)26(23,24)4-2/h3,5-6,8-10H,1,4,7H2,2H3. The van der Waals surface area contributed by atoms with Gasteiger partial charge in [-0.2, -0.15) is 0 Å². The molecular weight excluding hydrogens is 397 g/mol. The minimum absolute atomic E-state index is 0.0228. The smallest absolute Gasteiger partial charge is 0.238 e. The average Bonchev–Trinajstić information content (AvgIpc) is 3.01. The number of rotatable bonds is 6. The second-order valence-electron chi connectivity index (χ2n) is 5.35. The van der Waals surface area contributed by atoms with Crippen LogP contribution in [0.25, 0.3) is 22.2 Å². The molecule has 3 rings (SSSR count). The zero-order valence-electron chi connectivity index (χ0n) is 13.8. The molecule has 0 unspecified atom stereocenters. The Hall–Kier alpha value is -2.09. The Balaban J connectivity index is 2.31. The van der Waals surface area contributed by atoms with Crippen LogP contribution in [0.3, 0.4) is 0 Å². The monoisotopic (exact) mass is 411 g/mol. The van der Waals surface area contributed by atoms with E-state index in [1.807, 2.05) is 0 Å². The van der Waals surface area contributed by atoms with Gasteiger partial charge in [0.15, 0.2) is 0 Å². The lowest BCUT2D eigenvalue weighted by atomic mass is 10.1. The van der Waals surface area contributed by atoms with E-state index in [-0.39, 0.29) is 16.1 Å². The van der Waals surface area contributed by atoms with Crippen molar-refractivity contribution < 1.29 is 13.2 Å². The molecule has 0 fully saturated rings. The Bertz CT molecular complexity index is 1090. The van der Waals surface area contributed by atoms with Crippen LogP contribution in [0.4, 0.5) is 0 Å². The fourth-order valence-electron chi connectivity index (χ4n) is 2.52. The van der Waals surface area contributed by atoms with Crippen molar-refractivity contribution in [1.29, 1.82) is 0 Å². The number of benzene rings is 1. The molecule has 6 nitrogen and oxygen atoms in total. The molecule has 0 bridgehead atoms. The lowest BCUT2D eigenvalue weighted by molar-refractivity contribution is 0.363. The van der Waals surface area contributed by atoms with Gasteiger partial charge < -0.3 is 4.74 Å². The normalized spacial score (nSPS) is 11.7. The molecule has 0 N–H and O–H groups in total. The molecule has 3 aromatic rings. The molecule has 0 atom stereocenters. The highest BCUT2D eigenvalue weighted by atomic mass is 35.5. The van der Waals surface area contributed by atoms with Gasteiger partial charge in [0.05, 0.1) is 28.2 Å². The van der Waals surface area contributed by atoms with E-state index >= 15 is 0 Å². The van der Waals surface area contributed by atoms with Gasteiger partial charge in [-0.3, -0.25) is 0 Å². The summed E-state index contributed by atoms with van der Waals surface area (Å²) in [6.07, 6.45) is 4.48. The van der Waals surface area contributed by atoms with E-state index in [0.29, 0.717) is 34.5 Å². The largest absolute Gasteiger partial charge is 0.489 e. The molecule has 0 aliphatic rings. The summed E-state index contributed by atoms with van der Waals surface area (Å²) in [7, 11) is -3.55. The van der Waals surface area contributed by atoms with Crippen molar-refractivity contribution in [2.75, 3.05) is 12.4 Å². The number of halogens is 2. The molecule has 9 heteroatoms. The van der Waals surface area contributed by atoms with Crippen molar-refractivity contribution in [3.05, 3.63) is 53.6 Å². The van der Waals surface area contributed by atoms with Crippen molar-refractivity contribution in [3.8, 4) is 17.0 Å². The molecule has 2 aromatic heterocycles. The number of hydrogen-bond donors (Lipinski definition) is 0. The van der Waals surface area contributed by atoms with E-state index in [2.05, 4.69) is 16.5 Å². The SMILES string of the molecule is C=CCOc1ccc2c(-c3nc(Cl)ncc3Cl)cn(S(=O)(=O)CC)c2c1. The third kappa shape index (κ3) is 3.42. The third-order valence-corrected chi connectivity index (χ3v) is 5.84. The third-order valence-electron chi connectivity index (χ3n) is 3.75. The van der Waals surface area contributed by atoms with Gasteiger partial charge in [0, 0.05) is 23.2 Å². The molecule has 0 radical (unpaired) electrons. The highest BCUT2D eigenvalue weighted by molar-refractivity contribution is 7.90. The lowest BCUT2D eigenvalue weighted by Crippen LogP contribution is -2.13. The summed E-state index contributed by atoms with van der Waals surface area (Å²) in [4.78, 5) is 7.99. The molecule has 0 amide bonds. The minimum atomic E-state index is -3.55. The zero-order valence-corrected chi connectivity index (χ0v) is 16.1. The Morgan fingerprint density at radius 3 is 2.81 bits per heavy atom. The van der Waals surface area contributed by atoms with Gasteiger partial charge >= 0.3 is 0 Å². The number of hydrogen-bond acceptors (Lipinski definition) is 5. The van der Waals surface area contributed by atoms with E-state index in [1.54, 1.807) is 31.2 Å². The molecule has 0 aliphatic carbocycles. The van der Waals surface area contributed by atoms with Crippen molar-refractivity contribution in [2.45, 2.75) is 6.92 Å². The summed E-state index contributed by atoms with van der Waals surface area (Å²) in [5.41, 5.74) is 1.37. The van der Waals surface area contributed by atoms with E-state index < -0.39 is 10.0 Å². The minimum Gasteiger partial charge on any atom is -0.489 e. The zero-order chi connectivity index (χ0) is 18.9. The van der Waals surface area contributed by atoms with E-state index in [1.165, 1.54) is 16.4 Å². The highest BCUT2D eigenvalue weighted by Gasteiger charge is 2.21. The summed E-state index contributed by atoms with van der Waals surface area (Å²) in [6, 6.07) is 5.16. The first-order valence-corrected chi connectivity index (χ1v) is 10.0. The van der Waals surface area contributed by atoms with Crippen molar-refractivity contribution in [3.63, 3.8) is 0 Å². The Kier molecular flexibility index (Phi) is 5.22. The van der Waals surface area contributed by atoms with Crippen LogP contribution in [0.5, 0.6) is 5.75 Å². The fraction of sp³-hybridized carbons (Fsp3) is 0.176. The molecule has 136 valence electrons. The quantitative estimate of drug-likeness (QED) is 0.449. The second-order valence-corrected chi connectivity index (χ2v) is 8.23. The van der Waals surface area contributed by atoms with Crippen LogP contribution in [0, 0.1) is 0 Å². The molecule has 0 aliphatic heterocycles. The number of fused-ring (bicyclic) bond motifs is 1. The van der Waals surface area contributed by atoms with Gasteiger partial charge in [-0.15, -0.1) is 0 Å². The van der Waals surface area contributed by atoms with Gasteiger partial charge in [0.25, 0.3) is 0 Å². The Morgan fingerprint density at radius 1 is 1.35 bits per heavy atom. The number of nitrogens with zero attached hydrogens (tertiary/aromatic N) is 3. The molecule has 0 saturated heterocycles. The van der Waals surface area contributed by atoms with Crippen LogP contribution < -0.4 is 4.74 Å². The van der Waals surface area contributed by atoms with Gasteiger partial charge in [-0.05, 0) is 30.7 Å². The average molecular weight is 412 g/mol. The number of aromatic nitrogens is 3. The molecule has 2 heterocycles. The second kappa shape index (κ2) is 7.26. The first-order valence-electron chi connectivity index (χ1n) is 7.68. The maximum atomic E-state index is 12.6. The van der Waals surface area contributed by atoms with Gasteiger partial charge in [-0.1, -0.05) is 24.3 Å². The van der Waals surface area contributed by atoms with Crippen LogP contribution >= 0.6 is 23.2 Å². The van der Waals surface area contributed by atoms with Gasteiger partial charge in [0.2, 0.25) is 15.3 Å². The van der Waals surface area contributed by atoms with Gasteiger partial charge in [-0.25, -0.2) is 22.4 Å². The summed E-state index contributed by atoms with van der Waals surface area (Å²) >= 11 is 12.1. The van der Waals surface area contributed by atoms with Crippen molar-refractivity contribution in [1.82, 2.24) is 13.9 Å². The van der Waals surface area contributed by atoms with Gasteiger partial charge in [0.1, 0.15) is 12.4 Å². The first kappa shape index (κ1) is 18.7. The molecule has 0 spiro atoms. The Morgan fingerprint density at radius 2 is 2.12 bits per heavy atom. The number of ether oxygens (including phenoxy) is 1. The van der Waals surface area contributed by atoms with E-state index in [4.69, 9.17) is 27.9 Å². The van der Waals surface area contributed by atoms with E-state index in [0.717, 1.165) is 0 Å². The molecule has 26 heavy (non-hydrogen) atoms. The summed E-state index contributed by atoms with van der Waals surface area (Å²) in [5.74, 6) is 0.466. The van der Waals surface area contributed by atoms with Crippen LogP contribution in [0.2, 0.25) is 10.3 Å². The predicted octanol–water partition coefficient (Wildman–Crippen LogP) is 4.17. The maximum absolute atomic E-state index is 12.6. The van der Waals surface area contributed by atoms with E-state index in [9.17, 15) is 8.42 Å². The molecule has 0 saturated carbocycles.